The molecule has 0 radical (unpaired) electrons. The van der Waals surface area contributed by atoms with Gasteiger partial charge in [0.25, 0.3) is 0 Å². The lowest BCUT2D eigenvalue weighted by atomic mass is 9.68. The van der Waals surface area contributed by atoms with Gasteiger partial charge in [-0.25, -0.2) is 14.4 Å². The van der Waals surface area contributed by atoms with Gasteiger partial charge in [0.1, 0.15) is 18.2 Å². The first-order valence-electron chi connectivity index (χ1n) is 10.4. The Bertz CT molecular complexity index is 1330. The number of hydrogen-bond acceptors (Lipinski definition) is 6. The second-order valence-electron chi connectivity index (χ2n) is 8.45. The number of alkyl halides is 3. The van der Waals surface area contributed by atoms with Gasteiger partial charge in [-0.1, -0.05) is 23.2 Å². The molecule has 0 spiro atoms. The molecule has 1 unspecified atom stereocenters. The van der Waals surface area contributed by atoms with Crippen molar-refractivity contribution in [1.82, 2.24) is 14.9 Å². The summed E-state index contributed by atoms with van der Waals surface area (Å²) in [5, 5.41) is 13.5. The molecule has 3 aliphatic rings. The van der Waals surface area contributed by atoms with Crippen LogP contribution in [0.25, 0.3) is 10.9 Å². The van der Waals surface area contributed by atoms with Gasteiger partial charge < -0.3 is 20.1 Å². The smallest absolute Gasteiger partial charge is 0.471 e. The molecule has 2 N–H and O–H groups in total. The molecule has 2 aromatic carbocycles. The Morgan fingerprint density at radius 3 is 2.57 bits per heavy atom. The second-order valence-corrected chi connectivity index (χ2v) is 9.24. The van der Waals surface area contributed by atoms with Crippen molar-refractivity contribution >= 4 is 51.5 Å². The van der Waals surface area contributed by atoms with Gasteiger partial charge in [0.15, 0.2) is 17.3 Å². The molecule has 2 saturated heterocycles. The highest BCUT2D eigenvalue weighted by Crippen LogP contribution is 2.45. The van der Waals surface area contributed by atoms with Gasteiger partial charge in [0.2, 0.25) is 0 Å². The Labute approximate surface area is 205 Å². The number of benzene rings is 2. The summed E-state index contributed by atoms with van der Waals surface area (Å²) in [6.45, 7) is -0.166. The minimum atomic E-state index is -4.92. The average Bonchev–Trinajstić information content (AvgIpc) is 2.82. The lowest BCUT2D eigenvalue weighted by molar-refractivity contribution is -0.196. The molecule has 3 atom stereocenters. The number of amides is 1. The third kappa shape index (κ3) is 4.27. The van der Waals surface area contributed by atoms with E-state index in [1.165, 1.54) is 30.6 Å². The molecule has 13 heteroatoms. The first kappa shape index (κ1) is 23.7. The average molecular weight is 531 g/mol. The number of nitrogens with one attached hydrogen (secondary N) is 1. The number of phenolic OH excluding ortho intramolecular Hbond substituents is 1. The van der Waals surface area contributed by atoms with Crippen LogP contribution in [-0.4, -0.2) is 51.3 Å². The standard InChI is InChI=1S/C22H16Cl2F4N4O3/c23-12-1-2-13(18(25)17(12)24)31-20-11-4-16(15(33)5-14(11)29-8-30-20)35-19-9-3-10(19)7-32(6-9)21(34)22(26,27)28/h1-2,4-5,8-10,19,33H,3,6-7H2,(H,29,30,31)/t9-,10+,19?. The van der Waals surface area contributed by atoms with Crippen LogP contribution >= 0.6 is 23.2 Å². The molecule has 3 aromatic rings. The van der Waals surface area contributed by atoms with E-state index in [2.05, 4.69) is 15.3 Å². The number of fused-ring (bicyclic) bond motifs is 3. The van der Waals surface area contributed by atoms with Gasteiger partial charge in [-0.2, -0.15) is 13.2 Å². The molecular weight excluding hydrogens is 515 g/mol. The van der Waals surface area contributed by atoms with E-state index in [0.717, 1.165) is 4.90 Å². The van der Waals surface area contributed by atoms with Crippen LogP contribution in [0, 0.1) is 17.7 Å². The fraction of sp³-hybridized carbons (Fsp3) is 0.318. The monoisotopic (exact) mass is 530 g/mol. The molecular formula is C22H16Cl2F4N4O3. The van der Waals surface area contributed by atoms with Crippen molar-refractivity contribution in [2.24, 2.45) is 11.8 Å². The van der Waals surface area contributed by atoms with Crippen molar-refractivity contribution in [1.29, 1.82) is 0 Å². The number of phenols is 1. The first-order valence-corrected chi connectivity index (χ1v) is 11.2. The Hall–Kier alpha value is -3.05. The number of piperidine rings is 2. The van der Waals surface area contributed by atoms with Crippen LogP contribution in [0.2, 0.25) is 10.0 Å². The summed E-state index contributed by atoms with van der Waals surface area (Å²) >= 11 is 11.7. The predicted octanol–water partition coefficient (Wildman–Crippen LogP) is 5.31. The predicted molar refractivity (Wildman–Crippen MR) is 120 cm³/mol. The molecule has 1 saturated carbocycles. The fourth-order valence-corrected chi connectivity index (χ4v) is 4.85. The van der Waals surface area contributed by atoms with E-state index in [1.54, 1.807) is 0 Å². The summed E-state index contributed by atoms with van der Waals surface area (Å²) in [6, 6.07) is 5.62. The number of aromatic hydroxyl groups is 1. The van der Waals surface area contributed by atoms with E-state index in [-0.39, 0.29) is 58.0 Å². The molecule has 7 nitrogen and oxygen atoms in total. The van der Waals surface area contributed by atoms with Crippen LogP contribution in [0.5, 0.6) is 11.5 Å². The molecule has 1 aliphatic carbocycles. The minimum absolute atomic E-state index is 0.0119. The normalized spacial score (nSPS) is 21.5. The number of hydrogen-bond donors (Lipinski definition) is 2. The van der Waals surface area contributed by atoms with Gasteiger partial charge >= 0.3 is 12.1 Å². The number of halogens is 6. The van der Waals surface area contributed by atoms with Crippen molar-refractivity contribution < 1.29 is 32.2 Å². The third-order valence-electron chi connectivity index (χ3n) is 6.24. The van der Waals surface area contributed by atoms with Crippen molar-refractivity contribution in [2.75, 3.05) is 18.4 Å². The number of aromatic nitrogens is 2. The lowest BCUT2D eigenvalue weighted by Gasteiger charge is -2.52. The van der Waals surface area contributed by atoms with Gasteiger partial charge in [-0.3, -0.25) is 4.79 Å². The first-order chi connectivity index (χ1) is 16.5. The topological polar surface area (TPSA) is 87.6 Å². The van der Waals surface area contributed by atoms with Crippen LogP contribution in [0.3, 0.4) is 0 Å². The third-order valence-corrected chi connectivity index (χ3v) is 7.02. The SMILES string of the molecule is O=C(N1C[C@H]2C[C@@H](C1)C2Oc1cc2c(Nc3ccc(Cl)c(Cl)c3F)ncnc2cc1O)C(F)(F)F. The molecule has 184 valence electrons. The number of ether oxygens (including phenoxy) is 1. The number of anilines is 2. The van der Waals surface area contributed by atoms with Crippen molar-refractivity contribution in [3.05, 3.63) is 46.5 Å². The second kappa shape index (κ2) is 8.56. The highest BCUT2D eigenvalue weighted by Gasteiger charge is 2.53. The van der Waals surface area contributed by atoms with Gasteiger partial charge in [-0.15, -0.1) is 0 Å². The van der Waals surface area contributed by atoms with Crippen LogP contribution < -0.4 is 10.1 Å². The summed E-state index contributed by atoms with van der Waals surface area (Å²) in [5.74, 6) is -3.19. The van der Waals surface area contributed by atoms with Gasteiger partial charge in [-0.05, 0) is 24.6 Å². The number of carbonyl (C=O) groups is 1. The molecule has 35 heavy (non-hydrogen) atoms. The number of nitrogens with zero attached hydrogens (tertiary/aromatic N) is 3. The van der Waals surface area contributed by atoms with E-state index in [0.29, 0.717) is 17.3 Å². The summed E-state index contributed by atoms with van der Waals surface area (Å²) < 4.78 is 58.8. The van der Waals surface area contributed by atoms with Gasteiger partial charge in [0.05, 0.1) is 21.2 Å². The summed E-state index contributed by atoms with van der Waals surface area (Å²) in [6.07, 6.45) is -3.55. The highest BCUT2D eigenvalue weighted by atomic mass is 35.5. The van der Waals surface area contributed by atoms with Crippen LogP contribution in [0.1, 0.15) is 6.42 Å². The molecule has 2 bridgehead atoms. The molecule has 3 fully saturated rings. The number of carbonyl (C=O) groups excluding carboxylic acids is 1. The molecule has 3 heterocycles. The Balaban J connectivity index is 1.39. The Kier molecular flexibility index (Phi) is 5.79. The van der Waals surface area contributed by atoms with Crippen LogP contribution in [-0.2, 0) is 4.79 Å². The number of rotatable bonds is 4. The Morgan fingerprint density at radius 1 is 1.17 bits per heavy atom. The quantitative estimate of drug-likeness (QED) is 0.351. The molecule has 6 rings (SSSR count). The van der Waals surface area contributed by atoms with Crippen LogP contribution in [0.4, 0.5) is 29.1 Å². The molecule has 1 amide bonds. The zero-order chi connectivity index (χ0) is 25.1. The van der Waals surface area contributed by atoms with E-state index in [4.69, 9.17) is 27.9 Å². The maximum atomic E-state index is 14.5. The van der Waals surface area contributed by atoms with E-state index in [9.17, 15) is 27.5 Å². The van der Waals surface area contributed by atoms with E-state index < -0.39 is 24.0 Å². The van der Waals surface area contributed by atoms with Crippen molar-refractivity contribution in [3.63, 3.8) is 0 Å². The largest absolute Gasteiger partial charge is 0.504 e. The van der Waals surface area contributed by atoms with E-state index >= 15 is 0 Å². The zero-order valence-electron chi connectivity index (χ0n) is 17.6. The van der Waals surface area contributed by atoms with Crippen LogP contribution in [0.15, 0.2) is 30.6 Å². The fourth-order valence-electron chi connectivity index (χ4n) is 4.54. The van der Waals surface area contributed by atoms with Gasteiger partial charge in [0, 0.05) is 36.4 Å². The summed E-state index contributed by atoms with van der Waals surface area (Å²) in [5.41, 5.74) is 0.349. The summed E-state index contributed by atoms with van der Waals surface area (Å²) in [7, 11) is 0. The molecule has 2 aliphatic heterocycles. The highest BCUT2D eigenvalue weighted by molar-refractivity contribution is 6.42. The van der Waals surface area contributed by atoms with Crippen molar-refractivity contribution in [2.45, 2.75) is 18.7 Å². The maximum absolute atomic E-state index is 14.5. The lowest BCUT2D eigenvalue weighted by Crippen LogP contribution is -2.63. The Morgan fingerprint density at radius 2 is 1.89 bits per heavy atom. The summed E-state index contributed by atoms with van der Waals surface area (Å²) in [4.78, 5) is 20.6. The zero-order valence-corrected chi connectivity index (χ0v) is 19.1. The molecule has 1 aromatic heterocycles. The maximum Gasteiger partial charge on any atom is 0.471 e. The van der Waals surface area contributed by atoms with E-state index in [1.807, 2.05) is 0 Å². The minimum Gasteiger partial charge on any atom is -0.504 e. The van der Waals surface area contributed by atoms with Crippen molar-refractivity contribution in [3.8, 4) is 11.5 Å².